The van der Waals surface area contributed by atoms with E-state index in [1.807, 2.05) is 0 Å². The molecule has 7 heteroatoms. The van der Waals surface area contributed by atoms with Crippen LogP contribution in [0.2, 0.25) is 0 Å². The Bertz CT molecular complexity index is 397. The molecule has 1 aromatic heterocycles. The molecule has 0 amide bonds. The van der Waals surface area contributed by atoms with Crippen molar-refractivity contribution in [2.75, 3.05) is 11.5 Å². The minimum atomic E-state index is -1.37. The summed E-state index contributed by atoms with van der Waals surface area (Å²) in [6, 6.07) is 1.47. The smallest absolute Gasteiger partial charge is 0.351 e. The third kappa shape index (κ3) is 1.73. The highest BCUT2D eigenvalue weighted by Gasteiger charge is 2.27. The highest BCUT2D eigenvalue weighted by atomic mass is 32.2. The van der Waals surface area contributed by atoms with Gasteiger partial charge in [-0.25, -0.2) is 9.18 Å². The van der Waals surface area contributed by atoms with Gasteiger partial charge in [0.2, 0.25) is 5.69 Å². The monoisotopic (exact) mass is 217 g/mol. The average Bonchev–Trinajstić information content (AvgIpc) is 2.51. The molecule has 2 N–H and O–H groups in total. The number of anilines is 1. The zero-order chi connectivity index (χ0) is 10.1. The average molecular weight is 217 g/mol. The van der Waals surface area contributed by atoms with Crippen LogP contribution in [0, 0.1) is 0 Å². The van der Waals surface area contributed by atoms with E-state index in [0.29, 0.717) is 5.75 Å². The number of nitrogens with zero attached hydrogens (tertiary/aromatic N) is 2. The van der Waals surface area contributed by atoms with Crippen molar-refractivity contribution in [1.29, 1.82) is 0 Å². The minimum absolute atomic E-state index is 0.147. The SMILES string of the molecule is Nc1ccn([C@@H]2CS[C@H](F)O2)c(=O)n1. The van der Waals surface area contributed by atoms with Crippen molar-refractivity contribution in [3.63, 3.8) is 0 Å². The van der Waals surface area contributed by atoms with Crippen LogP contribution in [0.3, 0.4) is 0 Å². The van der Waals surface area contributed by atoms with Gasteiger partial charge in [0.25, 0.3) is 0 Å². The Labute approximate surface area is 83.1 Å². The Balaban J connectivity index is 2.29. The van der Waals surface area contributed by atoms with Gasteiger partial charge in [0, 0.05) is 11.9 Å². The molecule has 0 aromatic carbocycles. The Hall–Kier alpha value is -1.08. The molecule has 2 heterocycles. The van der Waals surface area contributed by atoms with E-state index >= 15 is 0 Å². The number of rotatable bonds is 1. The van der Waals surface area contributed by atoms with Gasteiger partial charge in [-0.15, -0.1) is 0 Å². The van der Waals surface area contributed by atoms with E-state index in [1.165, 1.54) is 16.8 Å². The lowest BCUT2D eigenvalue weighted by molar-refractivity contribution is -0.0407. The summed E-state index contributed by atoms with van der Waals surface area (Å²) in [7, 11) is 0. The lowest BCUT2D eigenvalue weighted by Crippen LogP contribution is -2.28. The lowest BCUT2D eigenvalue weighted by Gasteiger charge is -2.11. The number of nitrogens with two attached hydrogens (primary N) is 1. The molecule has 0 bridgehead atoms. The Kier molecular flexibility index (Phi) is 2.42. The van der Waals surface area contributed by atoms with Crippen molar-refractivity contribution in [3.05, 3.63) is 22.7 Å². The minimum Gasteiger partial charge on any atom is -0.383 e. The van der Waals surface area contributed by atoms with Gasteiger partial charge in [-0.1, -0.05) is 11.8 Å². The number of hydrogen-bond donors (Lipinski definition) is 1. The van der Waals surface area contributed by atoms with Crippen LogP contribution >= 0.6 is 11.8 Å². The molecule has 1 aliphatic heterocycles. The maximum Gasteiger partial charge on any atom is 0.351 e. The number of aromatic nitrogens is 2. The van der Waals surface area contributed by atoms with Gasteiger partial charge >= 0.3 is 5.69 Å². The molecule has 0 saturated carbocycles. The number of halogens is 1. The number of nitrogen functional groups attached to an aromatic ring is 1. The van der Waals surface area contributed by atoms with Crippen LogP contribution in [0.1, 0.15) is 6.23 Å². The van der Waals surface area contributed by atoms with Crippen LogP contribution < -0.4 is 11.4 Å². The predicted molar refractivity (Wildman–Crippen MR) is 50.4 cm³/mol. The Morgan fingerprint density at radius 3 is 3.14 bits per heavy atom. The second kappa shape index (κ2) is 3.58. The maximum absolute atomic E-state index is 12.7. The number of hydrogen-bond acceptors (Lipinski definition) is 5. The van der Waals surface area contributed by atoms with Gasteiger partial charge in [-0.3, -0.25) is 4.57 Å². The fourth-order valence-electron chi connectivity index (χ4n) is 1.15. The van der Waals surface area contributed by atoms with Crippen molar-refractivity contribution in [3.8, 4) is 0 Å². The molecule has 2 atom stereocenters. The standard InChI is InChI=1S/C7H8FN3O2S/c8-6-13-5(3-14-6)11-2-1-4(9)10-7(11)12/h1-2,5-6H,3H2,(H2,9,10,12)/t5-,6+/m0/s1. The molecule has 1 saturated heterocycles. The summed E-state index contributed by atoms with van der Waals surface area (Å²) >= 11 is 1.01. The van der Waals surface area contributed by atoms with Gasteiger partial charge in [0.05, 0.1) is 0 Å². The summed E-state index contributed by atoms with van der Waals surface area (Å²) in [5.41, 5.74) is 3.41. The molecular weight excluding hydrogens is 209 g/mol. The van der Waals surface area contributed by atoms with E-state index in [4.69, 9.17) is 10.5 Å². The predicted octanol–water partition coefficient (Wildman–Crippen LogP) is 0.341. The van der Waals surface area contributed by atoms with Gasteiger partial charge < -0.3 is 10.5 Å². The molecule has 76 valence electrons. The molecular formula is C7H8FN3O2S. The zero-order valence-electron chi connectivity index (χ0n) is 7.09. The summed E-state index contributed by atoms with van der Waals surface area (Å²) in [6.45, 7) is 0. The fraction of sp³-hybridized carbons (Fsp3) is 0.429. The first-order chi connectivity index (χ1) is 6.66. The first kappa shape index (κ1) is 9.47. The third-order valence-corrected chi connectivity index (χ3v) is 2.65. The second-order valence-electron chi connectivity index (χ2n) is 2.74. The molecule has 2 rings (SSSR count). The molecule has 0 unspecified atom stereocenters. The fourth-order valence-corrected chi connectivity index (χ4v) is 1.91. The van der Waals surface area contributed by atoms with Gasteiger partial charge in [-0.2, -0.15) is 4.98 Å². The summed E-state index contributed by atoms with van der Waals surface area (Å²) in [5, 5.41) is 0. The number of alkyl halides is 1. The van der Waals surface area contributed by atoms with Gasteiger partial charge in [0.15, 0.2) is 6.23 Å². The van der Waals surface area contributed by atoms with Crippen LogP contribution in [0.4, 0.5) is 10.2 Å². The highest BCUT2D eigenvalue weighted by Crippen LogP contribution is 2.31. The zero-order valence-corrected chi connectivity index (χ0v) is 7.91. The van der Waals surface area contributed by atoms with Crippen molar-refractivity contribution >= 4 is 17.6 Å². The van der Waals surface area contributed by atoms with Crippen LogP contribution in [-0.4, -0.2) is 21.0 Å². The van der Waals surface area contributed by atoms with Crippen LogP contribution in [-0.2, 0) is 4.74 Å². The molecule has 1 aromatic rings. The van der Waals surface area contributed by atoms with Crippen molar-refractivity contribution in [1.82, 2.24) is 9.55 Å². The topological polar surface area (TPSA) is 70.1 Å². The van der Waals surface area contributed by atoms with Crippen LogP contribution in [0.25, 0.3) is 0 Å². The summed E-state index contributed by atoms with van der Waals surface area (Å²) in [6.07, 6.45) is 0.865. The summed E-state index contributed by atoms with van der Waals surface area (Å²) in [4.78, 5) is 14.8. The van der Waals surface area contributed by atoms with E-state index in [-0.39, 0.29) is 5.82 Å². The highest BCUT2D eigenvalue weighted by molar-refractivity contribution is 7.99. The molecule has 0 radical (unpaired) electrons. The maximum atomic E-state index is 12.7. The van der Waals surface area contributed by atoms with Gasteiger partial charge in [-0.05, 0) is 6.07 Å². The van der Waals surface area contributed by atoms with E-state index in [0.717, 1.165) is 11.8 Å². The molecule has 0 spiro atoms. The molecule has 14 heavy (non-hydrogen) atoms. The van der Waals surface area contributed by atoms with Crippen LogP contribution in [0.15, 0.2) is 17.1 Å². The number of ether oxygens (including phenoxy) is 1. The van der Waals surface area contributed by atoms with E-state index in [1.54, 1.807) is 0 Å². The first-order valence-corrected chi connectivity index (χ1v) is 4.97. The lowest BCUT2D eigenvalue weighted by atomic mass is 10.5. The number of thioether (sulfide) groups is 1. The van der Waals surface area contributed by atoms with Gasteiger partial charge in [0.1, 0.15) is 5.82 Å². The first-order valence-electron chi connectivity index (χ1n) is 3.92. The Morgan fingerprint density at radius 1 is 1.79 bits per heavy atom. The van der Waals surface area contributed by atoms with Crippen LogP contribution in [0.5, 0.6) is 0 Å². The molecule has 5 nitrogen and oxygen atoms in total. The van der Waals surface area contributed by atoms with E-state index < -0.39 is 17.6 Å². The molecule has 1 aliphatic rings. The second-order valence-corrected chi connectivity index (χ2v) is 3.78. The van der Waals surface area contributed by atoms with Crippen molar-refractivity contribution in [2.24, 2.45) is 0 Å². The molecule has 1 fully saturated rings. The Morgan fingerprint density at radius 2 is 2.57 bits per heavy atom. The van der Waals surface area contributed by atoms with Crippen molar-refractivity contribution in [2.45, 2.75) is 11.9 Å². The third-order valence-electron chi connectivity index (χ3n) is 1.80. The van der Waals surface area contributed by atoms with E-state index in [2.05, 4.69) is 4.98 Å². The summed E-state index contributed by atoms with van der Waals surface area (Å²) in [5.74, 6) is 0.542. The van der Waals surface area contributed by atoms with E-state index in [9.17, 15) is 9.18 Å². The normalized spacial score (nSPS) is 26.6. The largest absolute Gasteiger partial charge is 0.383 e. The molecule has 0 aliphatic carbocycles. The summed E-state index contributed by atoms with van der Waals surface area (Å²) < 4.78 is 18.7. The van der Waals surface area contributed by atoms with Crippen molar-refractivity contribution < 1.29 is 9.13 Å². The quantitative estimate of drug-likeness (QED) is 0.734.